The van der Waals surface area contributed by atoms with E-state index in [1.807, 2.05) is 25.3 Å². The van der Waals surface area contributed by atoms with Crippen LogP contribution in [0.2, 0.25) is 0 Å². The number of anilines is 3. The molecule has 0 radical (unpaired) electrons. The second-order valence-electron chi connectivity index (χ2n) is 8.24. The van der Waals surface area contributed by atoms with E-state index in [0.29, 0.717) is 39.9 Å². The smallest absolute Gasteiger partial charge is 0.258 e. The van der Waals surface area contributed by atoms with Gasteiger partial charge in [-0.2, -0.15) is 0 Å². The molecule has 0 saturated carbocycles. The van der Waals surface area contributed by atoms with Crippen LogP contribution in [-0.2, 0) is 6.54 Å². The number of nitrogens with zero attached hydrogens (tertiary/aromatic N) is 4. The Balaban J connectivity index is 1.58. The fraction of sp³-hybridized carbons (Fsp3) is 0.308. The summed E-state index contributed by atoms with van der Waals surface area (Å²) in [5, 5.41) is 8.09. The van der Waals surface area contributed by atoms with E-state index < -0.39 is 0 Å². The molecule has 0 saturated heterocycles. The number of nitrogens with one attached hydrogen (secondary N) is 2. The lowest BCUT2D eigenvalue weighted by molar-refractivity contribution is 0.102. The number of pyridine rings is 1. The van der Waals surface area contributed by atoms with Gasteiger partial charge >= 0.3 is 0 Å². The van der Waals surface area contributed by atoms with Crippen LogP contribution in [0.25, 0.3) is 10.2 Å². The van der Waals surface area contributed by atoms with Crippen LogP contribution >= 0.6 is 33.9 Å². The van der Waals surface area contributed by atoms with E-state index in [4.69, 9.17) is 9.47 Å². The van der Waals surface area contributed by atoms with Gasteiger partial charge in [0.2, 0.25) is 0 Å². The van der Waals surface area contributed by atoms with Crippen LogP contribution in [0.3, 0.4) is 0 Å². The van der Waals surface area contributed by atoms with Crippen molar-refractivity contribution < 1.29 is 14.3 Å². The lowest BCUT2D eigenvalue weighted by Gasteiger charge is -2.17. The van der Waals surface area contributed by atoms with Crippen molar-refractivity contribution in [2.75, 3.05) is 37.9 Å². The van der Waals surface area contributed by atoms with Crippen LogP contribution in [0.4, 0.5) is 17.3 Å². The zero-order chi connectivity index (χ0) is 26.5. The lowest BCUT2D eigenvalue weighted by atomic mass is 10.1. The molecule has 194 valence electrons. The van der Waals surface area contributed by atoms with Gasteiger partial charge in [0.25, 0.3) is 5.91 Å². The molecule has 2 N–H and O–H groups in total. The van der Waals surface area contributed by atoms with E-state index in [-0.39, 0.29) is 5.91 Å². The standard InChI is InChI=1S/C26H29IN6O3S/c1-6-33(7-2)12-16-8-9-20(28-11-16)31-25-24-23(29-14-30-25)17(13-37-24)26(34)32-22-15(3)18(35-4)10-19(36-5)21(22)27/h8-11,13-14H,6-7,12H2,1-5H3,(H,32,34)(H,28,29,30,31). The molecule has 11 heteroatoms. The zero-order valence-corrected chi connectivity index (χ0v) is 24.4. The van der Waals surface area contributed by atoms with Crippen molar-refractivity contribution >= 4 is 67.4 Å². The first-order valence-corrected chi connectivity index (χ1v) is 13.7. The van der Waals surface area contributed by atoms with Crippen LogP contribution in [-0.4, -0.2) is 53.1 Å². The van der Waals surface area contributed by atoms with Crippen LogP contribution < -0.4 is 20.1 Å². The summed E-state index contributed by atoms with van der Waals surface area (Å²) in [5.74, 6) is 2.26. The summed E-state index contributed by atoms with van der Waals surface area (Å²) in [6.45, 7) is 9.05. The van der Waals surface area contributed by atoms with Gasteiger partial charge < -0.3 is 20.1 Å². The first kappa shape index (κ1) is 27.0. The Bertz CT molecular complexity index is 1380. The molecule has 9 nitrogen and oxygen atoms in total. The molecule has 0 spiro atoms. The van der Waals surface area contributed by atoms with E-state index in [1.165, 1.54) is 17.7 Å². The summed E-state index contributed by atoms with van der Waals surface area (Å²) in [4.78, 5) is 29.0. The van der Waals surface area contributed by atoms with Gasteiger partial charge in [-0.05, 0) is 54.2 Å². The Morgan fingerprint density at radius 1 is 1.11 bits per heavy atom. The molecule has 1 amide bonds. The fourth-order valence-electron chi connectivity index (χ4n) is 3.91. The summed E-state index contributed by atoms with van der Waals surface area (Å²) in [6.07, 6.45) is 3.32. The average Bonchev–Trinajstić information content (AvgIpc) is 3.36. The Morgan fingerprint density at radius 2 is 1.86 bits per heavy atom. The molecular weight excluding hydrogens is 603 g/mol. The van der Waals surface area contributed by atoms with E-state index in [1.54, 1.807) is 19.6 Å². The largest absolute Gasteiger partial charge is 0.496 e. The van der Waals surface area contributed by atoms with Crippen molar-refractivity contribution in [1.29, 1.82) is 0 Å². The molecule has 4 rings (SSSR count). The van der Waals surface area contributed by atoms with Gasteiger partial charge in [0.1, 0.15) is 23.6 Å². The normalized spacial score (nSPS) is 11.1. The van der Waals surface area contributed by atoms with Crippen molar-refractivity contribution in [2.24, 2.45) is 0 Å². The van der Waals surface area contributed by atoms with E-state index in [0.717, 1.165) is 39.0 Å². The van der Waals surface area contributed by atoms with Gasteiger partial charge in [-0.25, -0.2) is 15.0 Å². The van der Waals surface area contributed by atoms with Crippen LogP contribution in [0.5, 0.6) is 11.5 Å². The summed E-state index contributed by atoms with van der Waals surface area (Å²) in [6, 6.07) is 5.81. The second-order valence-corrected chi connectivity index (χ2v) is 10.2. The quantitative estimate of drug-likeness (QED) is 0.210. The molecule has 0 aliphatic carbocycles. The number of thiophene rings is 1. The number of hydrogen-bond acceptors (Lipinski definition) is 9. The van der Waals surface area contributed by atoms with Crippen LogP contribution in [0, 0.1) is 10.5 Å². The molecule has 3 heterocycles. The van der Waals surface area contributed by atoms with Gasteiger partial charge in [-0.1, -0.05) is 19.9 Å². The van der Waals surface area contributed by atoms with Gasteiger partial charge in [0.15, 0.2) is 5.82 Å². The maximum absolute atomic E-state index is 13.4. The summed E-state index contributed by atoms with van der Waals surface area (Å²) < 4.78 is 12.5. The molecule has 37 heavy (non-hydrogen) atoms. The number of benzene rings is 1. The third kappa shape index (κ3) is 5.78. The van der Waals surface area contributed by atoms with Crippen LogP contribution in [0.1, 0.15) is 35.3 Å². The summed E-state index contributed by atoms with van der Waals surface area (Å²) in [7, 11) is 3.18. The minimum Gasteiger partial charge on any atom is -0.496 e. The molecule has 0 unspecified atom stereocenters. The summed E-state index contributed by atoms with van der Waals surface area (Å²) in [5.41, 5.74) is 3.64. The molecule has 0 fully saturated rings. The number of carbonyl (C=O) groups is 1. The Morgan fingerprint density at radius 3 is 2.51 bits per heavy atom. The van der Waals surface area contributed by atoms with Gasteiger partial charge in [-0.3, -0.25) is 9.69 Å². The molecular formula is C26H29IN6O3S. The van der Waals surface area contributed by atoms with E-state index in [9.17, 15) is 4.79 Å². The number of methoxy groups -OCH3 is 2. The van der Waals surface area contributed by atoms with Crippen LogP contribution in [0.15, 0.2) is 36.1 Å². The van der Waals surface area contributed by atoms with Gasteiger partial charge in [0.05, 0.1) is 39.3 Å². The highest BCUT2D eigenvalue weighted by Gasteiger charge is 2.21. The van der Waals surface area contributed by atoms with Gasteiger partial charge in [-0.15, -0.1) is 11.3 Å². The first-order chi connectivity index (χ1) is 17.9. The molecule has 1 aromatic carbocycles. The molecule has 0 atom stereocenters. The number of halogens is 1. The highest BCUT2D eigenvalue weighted by atomic mass is 127. The third-order valence-electron chi connectivity index (χ3n) is 6.09. The number of fused-ring (bicyclic) bond motifs is 1. The molecule has 0 aliphatic rings. The molecule has 0 aliphatic heterocycles. The number of carbonyl (C=O) groups excluding carboxylic acids is 1. The maximum Gasteiger partial charge on any atom is 0.258 e. The number of ether oxygens (including phenoxy) is 2. The second kappa shape index (κ2) is 12.0. The lowest BCUT2D eigenvalue weighted by Crippen LogP contribution is -2.22. The molecule has 4 aromatic rings. The highest BCUT2D eigenvalue weighted by Crippen LogP contribution is 2.38. The zero-order valence-electron chi connectivity index (χ0n) is 21.4. The monoisotopic (exact) mass is 632 g/mol. The Hall–Kier alpha value is -3.03. The minimum atomic E-state index is -0.272. The molecule has 3 aromatic heterocycles. The topological polar surface area (TPSA) is 102 Å². The van der Waals surface area contributed by atoms with Crippen molar-refractivity contribution in [1.82, 2.24) is 19.9 Å². The van der Waals surface area contributed by atoms with Crippen molar-refractivity contribution in [3.05, 3.63) is 56.4 Å². The predicted molar refractivity (Wildman–Crippen MR) is 157 cm³/mol. The maximum atomic E-state index is 13.4. The SMILES string of the molecule is CCN(CC)Cc1ccc(Nc2ncnc3c(C(=O)Nc4c(C)c(OC)cc(OC)c4I)csc23)nc1. The average molecular weight is 633 g/mol. The Labute approximate surface area is 233 Å². The highest BCUT2D eigenvalue weighted by molar-refractivity contribution is 14.1. The number of amides is 1. The van der Waals surface area contributed by atoms with Crippen molar-refractivity contribution in [3.8, 4) is 11.5 Å². The summed E-state index contributed by atoms with van der Waals surface area (Å²) >= 11 is 3.57. The minimum absolute atomic E-state index is 0.272. The van der Waals surface area contributed by atoms with E-state index >= 15 is 0 Å². The third-order valence-corrected chi connectivity index (χ3v) is 8.14. The van der Waals surface area contributed by atoms with Crippen molar-refractivity contribution in [2.45, 2.75) is 27.3 Å². The molecule has 0 bridgehead atoms. The van der Waals surface area contributed by atoms with Gasteiger partial charge in [0, 0.05) is 29.8 Å². The van der Waals surface area contributed by atoms with Crippen molar-refractivity contribution in [3.63, 3.8) is 0 Å². The fourth-order valence-corrected chi connectivity index (χ4v) is 5.77. The number of aromatic nitrogens is 3. The predicted octanol–water partition coefficient (Wildman–Crippen LogP) is 5.85. The number of hydrogen-bond donors (Lipinski definition) is 2. The van der Waals surface area contributed by atoms with E-state index in [2.05, 4.69) is 73.0 Å². The first-order valence-electron chi connectivity index (χ1n) is 11.8. The number of rotatable bonds is 10. The Kier molecular flexibility index (Phi) is 8.77.